The fourth-order valence-electron chi connectivity index (χ4n) is 7.73. The molecule has 0 amide bonds. The van der Waals surface area contributed by atoms with Crippen LogP contribution in [-0.4, -0.2) is 142 Å². The van der Waals surface area contributed by atoms with E-state index in [0.29, 0.717) is 12.8 Å². The molecule has 2 fully saturated rings. The molecule has 0 radical (unpaired) electrons. The second kappa shape index (κ2) is 37.0. The van der Waals surface area contributed by atoms with E-state index in [9.17, 15) is 45.3 Å². The molecular weight excluding hydrogens is 829 g/mol. The molecule has 0 saturated carbocycles. The van der Waals surface area contributed by atoms with Crippen molar-refractivity contribution >= 4 is 11.9 Å². The zero-order chi connectivity index (χ0) is 46.8. The van der Waals surface area contributed by atoms with Crippen molar-refractivity contribution in [1.82, 2.24) is 0 Å². The first-order chi connectivity index (χ1) is 31.0. The van der Waals surface area contributed by atoms with Crippen LogP contribution < -0.4 is 0 Å². The predicted octanol–water partition coefficient (Wildman–Crippen LogP) is 6.38. The quantitative estimate of drug-likeness (QED) is 0.0203. The number of carbonyl (C=O) groups excluding carboxylic acids is 2. The van der Waals surface area contributed by atoms with E-state index in [1.54, 1.807) is 0 Å². The smallest absolute Gasteiger partial charge is 0.306 e. The first kappa shape index (κ1) is 58.1. The molecule has 11 atom stereocenters. The predicted molar refractivity (Wildman–Crippen MR) is 243 cm³/mol. The number of rotatable bonds is 38. The molecule has 0 spiro atoms. The van der Waals surface area contributed by atoms with Gasteiger partial charge in [-0.25, -0.2) is 0 Å². The minimum Gasteiger partial charge on any atom is -0.462 e. The lowest BCUT2D eigenvalue weighted by Crippen LogP contribution is -2.61. The average Bonchev–Trinajstić information content (AvgIpc) is 3.29. The summed E-state index contributed by atoms with van der Waals surface area (Å²) in [4.78, 5) is 25.7. The van der Waals surface area contributed by atoms with Gasteiger partial charge in [-0.2, -0.15) is 0 Å². The molecule has 11 unspecified atom stereocenters. The molecule has 2 heterocycles. The fraction of sp³-hybridized carbons (Fsp3) is 0.878. The highest BCUT2D eigenvalue weighted by Gasteiger charge is 2.47. The Balaban J connectivity index is 1.83. The molecular formula is C49H88O15. The molecule has 0 aromatic rings. The lowest BCUT2D eigenvalue weighted by molar-refractivity contribution is -0.332. The summed E-state index contributed by atoms with van der Waals surface area (Å²) in [5.74, 6) is -0.942. The number of aliphatic hydroxyl groups is 7. The van der Waals surface area contributed by atoms with Crippen LogP contribution in [0.2, 0.25) is 0 Å². The highest BCUT2D eigenvalue weighted by Crippen LogP contribution is 2.26. The number of hydrogen-bond donors (Lipinski definition) is 7. The van der Waals surface area contributed by atoms with E-state index in [0.717, 1.165) is 77.0 Å². The molecule has 0 aromatic heterocycles. The summed E-state index contributed by atoms with van der Waals surface area (Å²) in [7, 11) is 0. The van der Waals surface area contributed by atoms with E-state index in [2.05, 4.69) is 38.2 Å². The summed E-state index contributed by atoms with van der Waals surface area (Å²) in [6.07, 6.45) is 19.2. The van der Waals surface area contributed by atoms with E-state index < -0.39 is 92.7 Å². The molecule has 0 aliphatic carbocycles. The summed E-state index contributed by atoms with van der Waals surface area (Å²) in [5.41, 5.74) is 0. The summed E-state index contributed by atoms with van der Waals surface area (Å²) >= 11 is 0. The highest BCUT2D eigenvalue weighted by atomic mass is 16.7. The minimum atomic E-state index is -1.76. The zero-order valence-electron chi connectivity index (χ0n) is 39.3. The first-order valence-electron chi connectivity index (χ1n) is 24.9. The van der Waals surface area contributed by atoms with Gasteiger partial charge in [0.05, 0.1) is 19.8 Å². The third-order valence-electron chi connectivity index (χ3n) is 11.9. The van der Waals surface area contributed by atoms with Crippen molar-refractivity contribution in [2.75, 3.05) is 26.4 Å². The Hall–Kier alpha value is -2.02. The van der Waals surface area contributed by atoms with Gasteiger partial charge in [0.1, 0.15) is 55.4 Å². The molecule has 7 N–H and O–H groups in total. The zero-order valence-corrected chi connectivity index (χ0v) is 39.3. The Morgan fingerprint density at radius 3 is 1.39 bits per heavy atom. The van der Waals surface area contributed by atoms with E-state index in [1.165, 1.54) is 64.2 Å². The molecule has 15 heteroatoms. The van der Waals surface area contributed by atoms with Crippen molar-refractivity contribution in [3.8, 4) is 0 Å². The Morgan fingerprint density at radius 1 is 0.484 bits per heavy atom. The van der Waals surface area contributed by atoms with E-state index >= 15 is 0 Å². The lowest BCUT2D eigenvalue weighted by Gasteiger charge is -2.42. The van der Waals surface area contributed by atoms with Gasteiger partial charge in [-0.3, -0.25) is 9.59 Å². The summed E-state index contributed by atoms with van der Waals surface area (Å²) in [6.45, 7) is 2.55. The molecule has 2 aliphatic heterocycles. The largest absolute Gasteiger partial charge is 0.462 e. The third kappa shape index (κ3) is 25.2. The average molecular weight is 917 g/mol. The van der Waals surface area contributed by atoms with Gasteiger partial charge in [0.2, 0.25) is 0 Å². The van der Waals surface area contributed by atoms with Gasteiger partial charge >= 0.3 is 11.9 Å². The summed E-state index contributed by atoms with van der Waals surface area (Å²) in [5, 5.41) is 72.0. The van der Waals surface area contributed by atoms with Crippen LogP contribution in [0.4, 0.5) is 0 Å². The van der Waals surface area contributed by atoms with Crippen LogP contribution in [0, 0.1) is 0 Å². The second-order valence-corrected chi connectivity index (χ2v) is 17.6. The molecule has 15 nitrogen and oxygen atoms in total. The van der Waals surface area contributed by atoms with Crippen molar-refractivity contribution in [3.63, 3.8) is 0 Å². The maximum absolute atomic E-state index is 13.0. The number of aliphatic hydroxyl groups excluding tert-OH is 7. The van der Waals surface area contributed by atoms with Crippen molar-refractivity contribution < 1.29 is 73.8 Å². The Morgan fingerprint density at radius 2 is 0.891 bits per heavy atom. The molecule has 0 bridgehead atoms. The van der Waals surface area contributed by atoms with Gasteiger partial charge in [0.15, 0.2) is 18.7 Å². The van der Waals surface area contributed by atoms with Gasteiger partial charge < -0.3 is 64.2 Å². The van der Waals surface area contributed by atoms with E-state index in [1.807, 2.05) is 0 Å². The van der Waals surface area contributed by atoms with Crippen molar-refractivity contribution in [2.45, 2.75) is 248 Å². The molecule has 374 valence electrons. The molecule has 2 rings (SSSR count). The molecule has 0 aromatic carbocycles. The first-order valence-corrected chi connectivity index (χ1v) is 24.9. The monoisotopic (exact) mass is 917 g/mol. The number of ether oxygens (including phenoxy) is 6. The maximum Gasteiger partial charge on any atom is 0.306 e. The number of allylic oxidation sites excluding steroid dienone is 4. The van der Waals surface area contributed by atoms with E-state index in [4.69, 9.17) is 28.4 Å². The van der Waals surface area contributed by atoms with Crippen LogP contribution in [0.25, 0.3) is 0 Å². The Labute approximate surface area is 383 Å². The normalized spacial score (nSPS) is 26.8. The van der Waals surface area contributed by atoms with Gasteiger partial charge in [-0.15, -0.1) is 0 Å². The topological polar surface area (TPSA) is 231 Å². The Bertz CT molecular complexity index is 1220. The van der Waals surface area contributed by atoms with Gasteiger partial charge in [-0.05, 0) is 64.2 Å². The van der Waals surface area contributed by atoms with Crippen LogP contribution in [0.15, 0.2) is 24.3 Å². The lowest BCUT2D eigenvalue weighted by atomic mass is 9.98. The SMILES string of the molecule is CCCCCC/C=C\CCCCCCCC(=O)OCC(COC1OC(COC2OC(CO)C(O)C(O)C2O)C(O)C(O)C1O)OC(=O)CCCCCCC/C=C\CCCCCCCC. The second-order valence-electron chi connectivity index (χ2n) is 17.6. The summed E-state index contributed by atoms with van der Waals surface area (Å²) < 4.78 is 33.5. The number of carbonyl (C=O) groups is 2. The van der Waals surface area contributed by atoms with Crippen LogP contribution in [0.3, 0.4) is 0 Å². The maximum atomic E-state index is 13.0. The van der Waals surface area contributed by atoms with Crippen molar-refractivity contribution in [3.05, 3.63) is 24.3 Å². The highest BCUT2D eigenvalue weighted by molar-refractivity contribution is 5.70. The van der Waals surface area contributed by atoms with Gasteiger partial charge in [0.25, 0.3) is 0 Å². The van der Waals surface area contributed by atoms with Crippen LogP contribution in [0.1, 0.15) is 181 Å². The van der Waals surface area contributed by atoms with Crippen molar-refractivity contribution in [1.29, 1.82) is 0 Å². The molecule has 2 saturated heterocycles. The van der Waals surface area contributed by atoms with E-state index in [-0.39, 0.29) is 26.1 Å². The van der Waals surface area contributed by atoms with Crippen LogP contribution >= 0.6 is 0 Å². The van der Waals surface area contributed by atoms with Gasteiger partial charge in [-0.1, -0.05) is 128 Å². The van der Waals surface area contributed by atoms with Crippen LogP contribution in [0.5, 0.6) is 0 Å². The van der Waals surface area contributed by atoms with Crippen molar-refractivity contribution in [2.24, 2.45) is 0 Å². The fourth-order valence-corrected chi connectivity index (χ4v) is 7.73. The number of hydrogen-bond acceptors (Lipinski definition) is 15. The summed E-state index contributed by atoms with van der Waals surface area (Å²) in [6, 6.07) is 0. The Kier molecular flexibility index (Phi) is 33.6. The number of esters is 2. The number of unbranched alkanes of at least 4 members (excludes halogenated alkanes) is 20. The standard InChI is InChI=1S/C49H88O15/c1-3-5-7-9-11-13-15-17-18-20-22-24-26-28-30-32-41(52)62-37(34-59-40(51)31-29-27-25-23-21-19-16-14-12-10-8-6-4-2)35-60-48-47(58)45(56)43(54)39(64-48)36-61-49-46(57)44(55)42(53)38(33-50)63-49/h14,16-18,37-39,42-50,53-58H,3-13,15,19-36H2,1-2H3/b16-14-,18-17-. The molecule has 2 aliphatic rings. The van der Waals surface area contributed by atoms with Crippen LogP contribution in [-0.2, 0) is 38.0 Å². The third-order valence-corrected chi connectivity index (χ3v) is 11.9. The minimum absolute atomic E-state index is 0.155. The molecule has 64 heavy (non-hydrogen) atoms. The van der Waals surface area contributed by atoms with Gasteiger partial charge in [0, 0.05) is 12.8 Å².